The quantitative estimate of drug-likeness (QED) is 0.586. The third kappa shape index (κ3) is 3.69. The number of hydrogen-bond donors (Lipinski definition) is 0. The topological polar surface area (TPSA) is 51.0 Å². The molecule has 0 saturated carbocycles. The lowest BCUT2D eigenvalue weighted by Crippen LogP contribution is -2.30. The van der Waals surface area contributed by atoms with Crippen LogP contribution in [0.2, 0.25) is 0 Å². The summed E-state index contributed by atoms with van der Waals surface area (Å²) in [5.41, 5.74) is 4.55. The van der Waals surface area contributed by atoms with E-state index >= 15 is 0 Å². The van der Waals surface area contributed by atoms with E-state index in [9.17, 15) is 4.79 Å². The summed E-state index contributed by atoms with van der Waals surface area (Å²) in [7, 11) is 0. The molecular weight excluding hydrogens is 368 g/mol. The molecule has 0 atom stereocenters. The van der Waals surface area contributed by atoms with Crippen molar-refractivity contribution in [2.24, 2.45) is 0 Å². The summed E-state index contributed by atoms with van der Waals surface area (Å²) in [4.78, 5) is 14.7. The van der Waals surface area contributed by atoms with Gasteiger partial charge in [-0.25, -0.2) is 0 Å². The lowest BCUT2D eigenvalue weighted by molar-refractivity contribution is -0.116. The first-order chi connectivity index (χ1) is 13.7. The smallest absolute Gasteiger partial charge is 0.237 e. The van der Waals surface area contributed by atoms with Crippen LogP contribution in [0.15, 0.2) is 53.7 Å². The standard InChI is InChI=1S/C22H24N4OS/c1-3-12-26-21(18-9-6-7-16(2)14-18)23-24-22(26)28-15-20(27)25-13-11-17-8-4-5-10-19(17)25/h4-10,14H,3,11-13,15H2,1-2H3. The molecule has 3 aromatic rings. The Morgan fingerprint density at radius 3 is 2.82 bits per heavy atom. The Bertz CT molecular complexity index is 998. The fraction of sp³-hybridized carbons (Fsp3) is 0.318. The van der Waals surface area contributed by atoms with E-state index < -0.39 is 0 Å². The van der Waals surface area contributed by atoms with E-state index in [1.54, 1.807) is 0 Å². The number of carbonyl (C=O) groups excluding carboxylic acids is 1. The van der Waals surface area contributed by atoms with Gasteiger partial charge in [0, 0.05) is 24.3 Å². The van der Waals surface area contributed by atoms with Crippen molar-refractivity contribution < 1.29 is 4.79 Å². The second-order valence-electron chi connectivity index (χ2n) is 7.04. The maximum Gasteiger partial charge on any atom is 0.237 e. The van der Waals surface area contributed by atoms with Crippen molar-refractivity contribution >= 4 is 23.4 Å². The van der Waals surface area contributed by atoms with E-state index in [1.807, 2.05) is 29.2 Å². The number of thioether (sulfide) groups is 1. The highest BCUT2D eigenvalue weighted by atomic mass is 32.2. The summed E-state index contributed by atoms with van der Waals surface area (Å²) in [5.74, 6) is 1.36. The number of hydrogen-bond acceptors (Lipinski definition) is 4. The maximum absolute atomic E-state index is 12.8. The molecule has 1 aliphatic heterocycles. The molecule has 1 aliphatic rings. The summed E-state index contributed by atoms with van der Waals surface area (Å²) < 4.78 is 2.13. The third-order valence-electron chi connectivity index (χ3n) is 4.95. The Kier molecular flexibility index (Phi) is 5.48. The summed E-state index contributed by atoms with van der Waals surface area (Å²) in [5, 5.41) is 9.62. The predicted molar refractivity (Wildman–Crippen MR) is 114 cm³/mol. The molecular formula is C22H24N4OS. The van der Waals surface area contributed by atoms with Crippen LogP contribution in [0.3, 0.4) is 0 Å². The van der Waals surface area contributed by atoms with Gasteiger partial charge in [-0.05, 0) is 37.5 Å². The fourth-order valence-electron chi connectivity index (χ4n) is 3.62. The molecule has 0 radical (unpaired) electrons. The van der Waals surface area contributed by atoms with Gasteiger partial charge in [0.15, 0.2) is 11.0 Å². The largest absolute Gasteiger partial charge is 0.311 e. The molecule has 1 aromatic heterocycles. The minimum absolute atomic E-state index is 0.123. The van der Waals surface area contributed by atoms with Crippen LogP contribution in [0.5, 0.6) is 0 Å². The van der Waals surface area contributed by atoms with Crippen molar-refractivity contribution in [3.63, 3.8) is 0 Å². The zero-order valence-corrected chi connectivity index (χ0v) is 17.1. The van der Waals surface area contributed by atoms with Crippen LogP contribution in [-0.4, -0.2) is 33.0 Å². The van der Waals surface area contributed by atoms with Gasteiger partial charge in [-0.1, -0.05) is 60.6 Å². The molecule has 0 fully saturated rings. The van der Waals surface area contributed by atoms with Gasteiger partial charge in [0.25, 0.3) is 0 Å². The summed E-state index contributed by atoms with van der Waals surface area (Å²) in [6.45, 7) is 5.81. The van der Waals surface area contributed by atoms with E-state index in [1.165, 1.54) is 22.9 Å². The number of aromatic nitrogens is 3. The number of aryl methyl sites for hydroxylation is 1. The van der Waals surface area contributed by atoms with Crippen molar-refractivity contribution in [3.05, 3.63) is 59.7 Å². The monoisotopic (exact) mass is 392 g/mol. The zero-order chi connectivity index (χ0) is 19.5. The number of carbonyl (C=O) groups is 1. The van der Waals surface area contributed by atoms with Crippen LogP contribution in [-0.2, 0) is 17.8 Å². The number of rotatable bonds is 6. The van der Waals surface area contributed by atoms with Crippen LogP contribution < -0.4 is 4.90 Å². The van der Waals surface area contributed by atoms with Gasteiger partial charge in [0.05, 0.1) is 5.75 Å². The van der Waals surface area contributed by atoms with Crippen LogP contribution in [0.1, 0.15) is 24.5 Å². The lowest BCUT2D eigenvalue weighted by Gasteiger charge is -2.17. The van der Waals surface area contributed by atoms with Gasteiger partial charge < -0.3 is 9.47 Å². The Morgan fingerprint density at radius 2 is 2.00 bits per heavy atom. The zero-order valence-electron chi connectivity index (χ0n) is 16.3. The molecule has 0 saturated heterocycles. The molecule has 2 heterocycles. The predicted octanol–water partition coefficient (Wildman–Crippen LogP) is 4.34. The van der Waals surface area contributed by atoms with Crippen LogP contribution in [0.25, 0.3) is 11.4 Å². The van der Waals surface area contributed by atoms with Crippen LogP contribution >= 0.6 is 11.8 Å². The highest BCUT2D eigenvalue weighted by Crippen LogP contribution is 2.29. The molecule has 0 bridgehead atoms. The van der Waals surface area contributed by atoms with Crippen LogP contribution in [0.4, 0.5) is 5.69 Å². The lowest BCUT2D eigenvalue weighted by atomic mass is 10.1. The van der Waals surface area contributed by atoms with Gasteiger partial charge in [-0.15, -0.1) is 10.2 Å². The molecule has 1 amide bonds. The number of benzene rings is 2. The van der Waals surface area contributed by atoms with Crippen molar-refractivity contribution in [1.29, 1.82) is 0 Å². The van der Waals surface area contributed by atoms with E-state index in [2.05, 4.69) is 52.9 Å². The molecule has 5 nitrogen and oxygen atoms in total. The number of amides is 1. The number of anilines is 1. The van der Waals surface area contributed by atoms with Gasteiger partial charge >= 0.3 is 0 Å². The average Bonchev–Trinajstić information content (AvgIpc) is 3.31. The van der Waals surface area contributed by atoms with Crippen molar-refractivity contribution in [3.8, 4) is 11.4 Å². The van der Waals surface area contributed by atoms with E-state index in [0.29, 0.717) is 5.75 Å². The summed E-state index contributed by atoms with van der Waals surface area (Å²) >= 11 is 1.47. The van der Waals surface area contributed by atoms with E-state index in [0.717, 1.165) is 48.2 Å². The molecule has 0 aliphatic carbocycles. The van der Waals surface area contributed by atoms with Crippen molar-refractivity contribution in [1.82, 2.24) is 14.8 Å². The van der Waals surface area contributed by atoms with E-state index in [-0.39, 0.29) is 5.91 Å². The molecule has 0 N–H and O–H groups in total. The second kappa shape index (κ2) is 8.19. The molecule has 2 aromatic carbocycles. The summed E-state index contributed by atoms with van der Waals surface area (Å²) in [6, 6.07) is 16.4. The second-order valence-corrected chi connectivity index (χ2v) is 7.98. The summed E-state index contributed by atoms with van der Waals surface area (Å²) in [6.07, 6.45) is 1.91. The van der Waals surface area contributed by atoms with E-state index in [4.69, 9.17) is 0 Å². The van der Waals surface area contributed by atoms with Gasteiger partial charge in [0.1, 0.15) is 0 Å². The fourth-order valence-corrected chi connectivity index (χ4v) is 4.46. The minimum Gasteiger partial charge on any atom is -0.311 e. The Hall–Kier alpha value is -2.60. The molecule has 0 spiro atoms. The number of fused-ring (bicyclic) bond motifs is 1. The molecule has 4 rings (SSSR count). The first-order valence-electron chi connectivity index (χ1n) is 9.68. The first-order valence-corrected chi connectivity index (χ1v) is 10.7. The van der Waals surface area contributed by atoms with Gasteiger partial charge in [0.2, 0.25) is 5.91 Å². The Balaban J connectivity index is 1.52. The Labute approximate surface area is 169 Å². The molecule has 0 unspecified atom stereocenters. The Morgan fingerprint density at radius 1 is 1.14 bits per heavy atom. The highest BCUT2D eigenvalue weighted by molar-refractivity contribution is 7.99. The third-order valence-corrected chi connectivity index (χ3v) is 5.90. The van der Waals surface area contributed by atoms with Gasteiger partial charge in [-0.3, -0.25) is 4.79 Å². The number of nitrogens with zero attached hydrogens (tertiary/aromatic N) is 4. The van der Waals surface area contributed by atoms with Crippen molar-refractivity contribution in [2.45, 2.75) is 38.4 Å². The van der Waals surface area contributed by atoms with Crippen molar-refractivity contribution in [2.75, 3.05) is 17.2 Å². The maximum atomic E-state index is 12.8. The number of para-hydroxylation sites is 1. The first kappa shape index (κ1) is 18.7. The average molecular weight is 393 g/mol. The normalized spacial score (nSPS) is 13.0. The minimum atomic E-state index is 0.123. The SMILES string of the molecule is CCCn1c(SCC(=O)N2CCc3ccccc32)nnc1-c1cccc(C)c1. The molecule has 28 heavy (non-hydrogen) atoms. The van der Waals surface area contributed by atoms with Gasteiger partial charge in [-0.2, -0.15) is 0 Å². The van der Waals surface area contributed by atoms with Crippen LogP contribution in [0, 0.1) is 6.92 Å². The highest BCUT2D eigenvalue weighted by Gasteiger charge is 2.25. The molecule has 6 heteroatoms. The molecule has 144 valence electrons.